The van der Waals surface area contributed by atoms with Gasteiger partial charge in [0.2, 0.25) is 0 Å². The molecular weight excluding hydrogens is 249 g/mol. The number of anilines is 1. The lowest BCUT2D eigenvalue weighted by Crippen LogP contribution is -2.14. The number of aromatic amines is 1. The molecule has 0 atom stereocenters. The van der Waals surface area contributed by atoms with Crippen LogP contribution in [-0.4, -0.2) is 26.1 Å². The fourth-order valence-electron chi connectivity index (χ4n) is 1.71. The molecule has 2 N–H and O–H groups in total. The summed E-state index contributed by atoms with van der Waals surface area (Å²) < 4.78 is 13.7. The maximum Gasteiger partial charge on any atom is 0.277 e. The van der Waals surface area contributed by atoms with Gasteiger partial charge < -0.3 is 5.32 Å². The number of aromatic nitrogens is 4. The second-order valence-electron chi connectivity index (χ2n) is 3.78. The zero-order valence-corrected chi connectivity index (χ0v) is 9.59. The smallest absolute Gasteiger partial charge is 0.277 e. The summed E-state index contributed by atoms with van der Waals surface area (Å²) in [6.07, 6.45) is 4.18. The number of carbonyl (C=O) groups excluding carboxylic acids is 1. The Morgan fingerprint density at radius 1 is 1.32 bits per heavy atom. The van der Waals surface area contributed by atoms with Crippen molar-refractivity contribution in [2.45, 2.75) is 0 Å². The Morgan fingerprint density at radius 2 is 2.21 bits per heavy atom. The predicted octanol–water partition coefficient (Wildman–Crippen LogP) is 1.74. The van der Waals surface area contributed by atoms with E-state index in [1.807, 2.05) is 0 Å². The van der Waals surface area contributed by atoms with Gasteiger partial charge in [-0.25, -0.2) is 9.37 Å². The van der Waals surface area contributed by atoms with Gasteiger partial charge in [-0.2, -0.15) is 5.10 Å². The molecule has 0 saturated carbocycles. The Bertz CT molecular complexity index is 740. The van der Waals surface area contributed by atoms with Gasteiger partial charge in [0.05, 0.1) is 17.1 Å². The maximum absolute atomic E-state index is 13.7. The van der Waals surface area contributed by atoms with E-state index in [4.69, 9.17) is 0 Å². The number of amides is 1. The van der Waals surface area contributed by atoms with Crippen molar-refractivity contribution in [1.82, 2.24) is 20.2 Å². The van der Waals surface area contributed by atoms with Crippen LogP contribution in [-0.2, 0) is 0 Å². The highest BCUT2D eigenvalue weighted by Gasteiger charge is 2.14. The normalized spacial score (nSPS) is 10.6. The summed E-state index contributed by atoms with van der Waals surface area (Å²) in [4.78, 5) is 19.5. The van der Waals surface area contributed by atoms with Crippen molar-refractivity contribution in [2.24, 2.45) is 0 Å². The molecule has 2 aromatic heterocycles. The van der Waals surface area contributed by atoms with Gasteiger partial charge in [-0.1, -0.05) is 6.07 Å². The molecule has 6 nitrogen and oxygen atoms in total. The van der Waals surface area contributed by atoms with Crippen molar-refractivity contribution >= 4 is 22.6 Å². The Hall–Kier alpha value is -2.83. The van der Waals surface area contributed by atoms with Gasteiger partial charge in [-0.05, 0) is 12.1 Å². The van der Waals surface area contributed by atoms with Gasteiger partial charge >= 0.3 is 0 Å². The third kappa shape index (κ3) is 2.01. The lowest BCUT2D eigenvalue weighted by atomic mass is 10.2. The minimum absolute atomic E-state index is 0.128. The number of halogens is 1. The number of nitrogens with zero attached hydrogens (tertiary/aromatic N) is 3. The highest BCUT2D eigenvalue weighted by Crippen LogP contribution is 2.23. The Morgan fingerprint density at radius 3 is 3.00 bits per heavy atom. The molecule has 0 radical (unpaired) electrons. The molecule has 19 heavy (non-hydrogen) atoms. The number of hydrogen-bond acceptors (Lipinski definition) is 4. The third-order valence-electron chi connectivity index (χ3n) is 2.57. The zero-order valence-electron chi connectivity index (χ0n) is 9.59. The minimum atomic E-state index is -0.496. The number of fused-ring (bicyclic) bond motifs is 1. The quantitative estimate of drug-likeness (QED) is 0.732. The van der Waals surface area contributed by atoms with Gasteiger partial charge in [-0.15, -0.1) is 0 Å². The summed E-state index contributed by atoms with van der Waals surface area (Å²) >= 11 is 0. The number of H-pyrrole nitrogens is 1. The molecule has 1 amide bonds. The number of benzene rings is 1. The first kappa shape index (κ1) is 11.3. The van der Waals surface area contributed by atoms with Crippen molar-refractivity contribution in [3.63, 3.8) is 0 Å². The van der Waals surface area contributed by atoms with Crippen LogP contribution in [0.3, 0.4) is 0 Å². The molecular formula is C12H8FN5O. The van der Waals surface area contributed by atoms with E-state index in [0.29, 0.717) is 5.52 Å². The largest absolute Gasteiger partial charge is 0.303 e. The molecule has 2 heterocycles. The molecule has 7 heteroatoms. The van der Waals surface area contributed by atoms with Crippen molar-refractivity contribution in [3.05, 3.63) is 48.3 Å². The molecule has 0 spiro atoms. The standard InChI is InChI=1S/C12H8FN5O/c13-7-2-1-3-8-10(7)11(18-17-8)16-12(19)9-6-14-4-5-15-9/h1-6H,(H2,16,17,18,19). The molecule has 3 aromatic rings. The van der Waals surface area contributed by atoms with Crippen LogP contribution >= 0.6 is 0 Å². The van der Waals surface area contributed by atoms with Gasteiger partial charge in [0.15, 0.2) is 5.82 Å². The summed E-state index contributed by atoms with van der Waals surface area (Å²) in [5.74, 6) is -0.825. The van der Waals surface area contributed by atoms with Crippen molar-refractivity contribution in [3.8, 4) is 0 Å². The molecule has 94 valence electrons. The summed E-state index contributed by atoms with van der Waals surface area (Å²) in [7, 11) is 0. The van der Waals surface area contributed by atoms with Crippen LogP contribution in [0.5, 0.6) is 0 Å². The first-order valence-electron chi connectivity index (χ1n) is 5.45. The van der Waals surface area contributed by atoms with Crippen LogP contribution in [0.15, 0.2) is 36.8 Å². The van der Waals surface area contributed by atoms with E-state index < -0.39 is 11.7 Å². The van der Waals surface area contributed by atoms with Gasteiger partial charge in [0.25, 0.3) is 5.91 Å². The Kier molecular flexibility index (Phi) is 2.64. The molecule has 0 bridgehead atoms. The van der Waals surface area contributed by atoms with Crippen LogP contribution in [0.4, 0.5) is 10.2 Å². The van der Waals surface area contributed by atoms with Crippen LogP contribution in [0.1, 0.15) is 10.5 Å². The van der Waals surface area contributed by atoms with Crippen molar-refractivity contribution in [1.29, 1.82) is 0 Å². The van der Waals surface area contributed by atoms with Crippen LogP contribution < -0.4 is 5.32 Å². The summed E-state index contributed by atoms with van der Waals surface area (Å²) in [6.45, 7) is 0. The van der Waals surface area contributed by atoms with Gasteiger partial charge in [-0.3, -0.25) is 14.9 Å². The first-order chi connectivity index (χ1) is 9.25. The number of rotatable bonds is 2. The van der Waals surface area contributed by atoms with E-state index in [1.165, 1.54) is 24.7 Å². The van der Waals surface area contributed by atoms with E-state index in [-0.39, 0.29) is 16.9 Å². The van der Waals surface area contributed by atoms with Crippen LogP contribution in [0.2, 0.25) is 0 Å². The molecule has 0 saturated heterocycles. The minimum Gasteiger partial charge on any atom is -0.303 e. The zero-order chi connectivity index (χ0) is 13.2. The molecule has 0 aliphatic carbocycles. The van der Waals surface area contributed by atoms with Crippen molar-refractivity contribution in [2.75, 3.05) is 5.32 Å². The van der Waals surface area contributed by atoms with E-state index in [0.717, 1.165) is 0 Å². The van der Waals surface area contributed by atoms with E-state index in [1.54, 1.807) is 12.1 Å². The molecule has 0 fully saturated rings. The lowest BCUT2D eigenvalue weighted by molar-refractivity contribution is 0.102. The average molecular weight is 257 g/mol. The van der Waals surface area contributed by atoms with Gasteiger partial charge in [0.1, 0.15) is 11.5 Å². The van der Waals surface area contributed by atoms with E-state index in [2.05, 4.69) is 25.5 Å². The highest BCUT2D eigenvalue weighted by atomic mass is 19.1. The molecule has 1 aromatic carbocycles. The topological polar surface area (TPSA) is 83.6 Å². The molecule has 3 rings (SSSR count). The SMILES string of the molecule is O=C(Nc1n[nH]c2cccc(F)c12)c1cnccn1. The van der Waals surface area contributed by atoms with Crippen molar-refractivity contribution < 1.29 is 9.18 Å². The average Bonchev–Trinajstić information content (AvgIpc) is 2.84. The Labute approximate surface area is 106 Å². The predicted molar refractivity (Wildman–Crippen MR) is 66.0 cm³/mol. The van der Waals surface area contributed by atoms with E-state index in [9.17, 15) is 9.18 Å². The molecule has 0 unspecified atom stereocenters. The van der Waals surface area contributed by atoms with E-state index >= 15 is 0 Å². The fraction of sp³-hybridized carbons (Fsp3) is 0. The second-order valence-corrected chi connectivity index (χ2v) is 3.78. The second kappa shape index (κ2) is 4.45. The summed E-state index contributed by atoms with van der Waals surface area (Å²) in [5, 5.41) is 9.26. The number of nitrogens with one attached hydrogen (secondary N) is 2. The fourth-order valence-corrected chi connectivity index (χ4v) is 1.71. The maximum atomic E-state index is 13.7. The Balaban J connectivity index is 1.96. The third-order valence-corrected chi connectivity index (χ3v) is 2.57. The van der Waals surface area contributed by atoms with Crippen LogP contribution in [0, 0.1) is 5.82 Å². The lowest BCUT2D eigenvalue weighted by Gasteiger charge is -2.01. The summed E-state index contributed by atoms with van der Waals surface area (Å²) in [5.41, 5.74) is 0.643. The monoisotopic (exact) mass is 257 g/mol. The molecule has 0 aliphatic rings. The highest BCUT2D eigenvalue weighted by molar-refractivity contribution is 6.06. The number of hydrogen-bond donors (Lipinski definition) is 2. The number of carbonyl (C=O) groups is 1. The van der Waals surface area contributed by atoms with Gasteiger partial charge in [0, 0.05) is 12.4 Å². The summed E-state index contributed by atoms with van der Waals surface area (Å²) in [6, 6.07) is 4.53. The molecule has 0 aliphatic heterocycles. The van der Waals surface area contributed by atoms with Crippen LogP contribution in [0.25, 0.3) is 10.9 Å². The first-order valence-corrected chi connectivity index (χ1v) is 5.45.